The maximum atomic E-state index is 12.3. The average Bonchev–Trinajstić information content (AvgIpc) is 3.39. The third-order valence-electron chi connectivity index (χ3n) is 5.04. The lowest BCUT2D eigenvalue weighted by molar-refractivity contribution is -0.274. The Morgan fingerprint density at radius 1 is 0.974 bits per heavy atom. The van der Waals surface area contributed by atoms with E-state index in [1.165, 1.54) is 35.3 Å². The van der Waals surface area contributed by atoms with Crippen molar-refractivity contribution in [1.29, 1.82) is 0 Å². The number of rotatable bonds is 8. The smallest absolute Gasteiger partial charge is 0.494 e. The highest BCUT2D eigenvalue weighted by Crippen LogP contribution is 2.34. The summed E-state index contributed by atoms with van der Waals surface area (Å²) in [5.41, 5.74) is 5.39. The molecule has 0 saturated carbocycles. The van der Waals surface area contributed by atoms with Gasteiger partial charge in [0.25, 0.3) is 0 Å². The van der Waals surface area contributed by atoms with Crippen LogP contribution in [0.2, 0.25) is 0 Å². The van der Waals surface area contributed by atoms with Gasteiger partial charge in [-0.3, -0.25) is 5.43 Å². The minimum Gasteiger partial charge on any atom is -0.494 e. The highest BCUT2D eigenvalue weighted by molar-refractivity contribution is 7.80. The fourth-order valence-corrected chi connectivity index (χ4v) is 3.47. The molecule has 0 atom stereocenters. The van der Waals surface area contributed by atoms with E-state index in [-0.39, 0.29) is 10.9 Å². The highest BCUT2D eigenvalue weighted by atomic mass is 32.1. The number of methoxy groups -OCH3 is 2. The van der Waals surface area contributed by atoms with Crippen LogP contribution < -0.4 is 25.0 Å². The fourth-order valence-electron chi connectivity index (χ4n) is 3.32. The number of hydrogen-bond acceptors (Lipinski definition) is 7. The topological polar surface area (TPSA) is 94.8 Å². The molecule has 1 heterocycles. The van der Waals surface area contributed by atoms with Crippen LogP contribution in [0, 0.1) is 0 Å². The molecule has 0 saturated heterocycles. The Kier molecular flexibility index (Phi) is 8.06. The lowest BCUT2D eigenvalue weighted by Gasteiger charge is -2.14. The van der Waals surface area contributed by atoms with E-state index in [4.69, 9.17) is 21.7 Å². The zero-order valence-corrected chi connectivity index (χ0v) is 20.9. The molecule has 0 radical (unpaired) electrons. The lowest BCUT2D eigenvalue weighted by Crippen LogP contribution is -2.24. The van der Waals surface area contributed by atoms with Crippen molar-refractivity contribution >= 4 is 29.2 Å². The van der Waals surface area contributed by atoms with E-state index in [0.717, 1.165) is 11.1 Å². The molecule has 4 aromatic rings. The molecule has 2 N–H and O–H groups in total. The van der Waals surface area contributed by atoms with Crippen molar-refractivity contribution in [3.63, 3.8) is 0 Å². The Bertz CT molecular complexity index is 1400. The summed E-state index contributed by atoms with van der Waals surface area (Å²) >= 11 is 5.30. The molecule has 0 aliphatic rings. The molecule has 3 aromatic carbocycles. The molecule has 0 spiro atoms. The minimum absolute atomic E-state index is 0.244. The van der Waals surface area contributed by atoms with Crippen LogP contribution >= 0.6 is 12.2 Å². The molecule has 196 valence electrons. The Balaban J connectivity index is 1.36. The maximum absolute atomic E-state index is 12.3. The second-order valence-corrected chi connectivity index (χ2v) is 7.95. The van der Waals surface area contributed by atoms with Crippen LogP contribution in [-0.2, 0) is 0 Å². The maximum Gasteiger partial charge on any atom is 0.573 e. The molecular weight excluding hydrogens is 521 g/mol. The van der Waals surface area contributed by atoms with Gasteiger partial charge in [0.1, 0.15) is 29.3 Å². The molecule has 9 nitrogen and oxygen atoms in total. The predicted octanol–water partition coefficient (Wildman–Crippen LogP) is 5.17. The second-order valence-electron chi connectivity index (χ2n) is 7.54. The van der Waals surface area contributed by atoms with Gasteiger partial charge in [-0.25, -0.2) is 9.67 Å². The number of nitrogens with zero attached hydrogens (tertiary/aromatic N) is 4. The summed E-state index contributed by atoms with van der Waals surface area (Å²) < 4.78 is 53.0. The number of halogens is 3. The molecule has 0 bridgehead atoms. The monoisotopic (exact) mass is 542 g/mol. The Morgan fingerprint density at radius 2 is 1.63 bits per heavy atom. The molecule has 0 aliphatic heterocycles. The average molecular weight is 543 g/mol. The summed E-state index contributed by atoms with van der Waals surface area (Å²) in [5, 5.41) is 11.8. The van der Waals surface area contributed by atoms with Crippen LogP contribution in [0.4, 0.5) is 18.9 Å². The number of hydrogen-bond donors (Lipinski definition) is 2. The Hall–Kier alpha value is -4.65. The van der Waals surface area contributed by atoms with Gasteiger partial charge < -0.3 is 19.5 Å². The first-order valence-electron chi connectivity index (χ1n) is 10.9. The molecule has 4 rings (SSSR count). The van der Waals surface area contributed by atoms with E-state index in [1.54, 1.807) is 38.6 Å². The summed E-state index contributed by atoms with van der Waals surface area (Å²) in [5.74, 6) is 1.26. The van der Waals surface area contributed by atoms with Crippen LogP contribution in [0.25, 0.3) is 17.1 Å². The summed E-state index contributed by atoms with van der Waals surface area (Å²) in [7, 11) is 3.10. The van der Waals surface area contributed by atoms with Gasteiger partial charge in [0.2, 0.25) is 0 Å². The molecule has 13 heteroatoms. The molecule has 1 aromatic heterocycles. The van der Waals surface area contributed by atoms with E-state index in [2.05, 4.69) is 30.7 Å². The van der Waals surface area contributed by atoms with E-state index >= 15 is 0 Å². The van der Waals surface area contributed by atoms with Crippen LogP contribution in [0.3, 0.4) is 0 Å². The van der Waals surface area contributed by atoms with Crippen molar-refractivity contribution in [1.82, 2.24) is 20.2 Å². The van der Waals surface area contributed by atoms with Gasteiger partial charge in [-0.1, -0.05) is 30.3 Å². The van der Waals surface area contributed by atoms with Gasteiger partial charge >= 0.3 is 6.36 Å². The molecule has 0 unspecified atom stereocenters. The predicted molar refractivity (Wildman–Crippen MR) is 140 cm³/mol. The van der Waals surface area contributed by atoms with E-state index in [9.17, 15) is 13.2 Å². The Labute approximate surface area is 220 Å². The van der Waals surface area contributed by atoms with E-state index in [0.29, 0.717) is 28.7 Å². The SMILES string of the molecule is COc1cccc(OC)c1NC(=S)N/N=C/c1ccc(-c2ncn(-c3ccc(OC(F)(F)F)cc3)n2)cc1. The largest absolute Gasteiger partial charge is 0.573 e. The second kappa shape index (κ2) is 11.6. The first-order chi connectivity index (χ1) is 18.3. The number of nitrogens with one attached hydrogen (secondary N) is 2. The van der Waals surface area contributed by atoms with Gasteiger partial charge in [0, 0.05) is 5.56 Å². The lowest BCUT2D eigenvalue weighted by atomic mass is 10.1. The third-order valence-corrected chi connectivity index (χ3v) is 5.23. The molecule has 0 aliphatic carbocycles. The number of hydrazone groups is 1. The summed E-state index contributed by atoms with van der Waals surface area (Å²) in [6, 6.07) is 18.0. The summed E-state index contributed by atoms with van der Waals surface area (Å²) in [6.45, 7) is 0. The van der Waals surface area contributed by atoms with Crippen molar-refractivity contribution in [2.45, 2.75) is 6.36 Å². The van der Waals surface area contributed by atoms with Gasteiger partial charge in [0.15, 0.2) is 10.9 Å². The summed E-state index contributed by atoms with van der Waals surface area (Å²) in [6.07, 6.45) is -1.69. The number of thiocarbonyl (C=S) groups is 1. The van der Waals surface area contributed by atoms with Crippen molar-refractivity contribution in [2.75, 3.05) is 19.5 Å². The zero-order valence-electron chi connectivity index (χ0n) is 20.1. The minimum atomic E-state index is -4.75. The Morgan fingerprint density at radius 3 is 2.24 bits per heavy atom. The number of benzene rings is 3. The van der Waals surface area contributed by atoms with Gasteiger partial charge in [-0.15, -0.1) is 18.3 Å². The molecule has 0 amide bonds. The van der Waals surface area contributed by atoms with Crippen molar-refractivity contribution in [3.8, 4) is 34.3 Å². The number of alkyl halides is 3. The number of para-hydroxylation sites is 1. The van der Waals surface area contributed by atoms with Gasteiger partial charge in [0.05, 0.1) is 26.1 Å². The van der Waals surface area contributed by atoms with Crippen LogP contribution in [0.5, 0.6) is 17.2 Å². The van der Waals surface area contributed by atoms with Crippen molar-refractivity contribution < 1.29 is 27.4 Å². The molecule has 38 heavy (non-hydrogen) atoms. The normalized spacial score (nSPS) is 11.3. The van der Waals surface area contributed by atoms with Gasteiger partial charge in [-0.05, 0) is 54.2 Å². The molecular formula is C25H21F3N6O3S. The van der Waals surface area contributed by atoms with Gasteiger partial charge in [-0.2, -0.15) is 5.10 Å². The summed E-state index contributed by atoms with van der Waals surface area (Å²) in [4.78, 5) is 4.28. The van der Waals surface area contributed by atoms with Crippen molar-refractivity contribution in [3.05, 3.63) is 78.6 Å². The van der Waals surface area contributed by atoms with Crippen LogP contribution in [0.1, 0.15) is 5.56 Å². The third kappa shape index (κ3) is 6.76. The van der Waals surface area contributed by atoms with E-state index < -0.39 is 6.36 Å². The zero-order chi connectivity index (χ0) is 27.1. The standard InChI is InChI=1S/C25H21F3N6O3S/c1-35-20-4-3-5-21(36-2)22(20)31-24(38)32-30-14-16-6-8-17(9-7-16)23-29-15-34(33-23)18-10-12-19(13-11-18)37-25(26,27)28/h3-15H,1-2H3,(H2,31,32,38)/b30-14+. The molecule has 0 fully saturated rings. The fraction of sp³-hybridized carbons (Fsp3) is 0.120. The van der Waals surface area contributed by atoms with Crippen LogP contribution in [-0.4, -0.2) is 46.7 Å². The van der Waals surface area contributed by atoms with Crippen LogP contribution in [0.15, 0.2) is 78.2 Å². The first kappa shape index (κ1) is 26.4. The highest BCUT2D eigenvalue weighted by Gasteiger charge is 2.31. The number of aromatic nitrogens is 3. The first-order valence-corrected chi connectivity index (χ1v) is 11.4. The quantitative estimate of drug-likeness (QED) is 0.179. The number of anilines is 1. The number of ether oxygens (including phenoxy) is 3. The van der Waals surface area contributed by atoms with Crippen molar-refractivity contribution in [2.24, 2.45) is 5.10 Å². The van der Waals surface area contributed by atoms with E-state index in [1.807, 2.05) is 24.3 Å².